The van der Waals surface area contributed by atoms with E-state index in [4.69, 9.17) is 0 Å². The summed E-state index contributed by atoms with van der Waals surface area (Å²) in [5.41, 5.74) is 1.41. The summed E-state index contributed by atoms with van der Waals surface area (Å²) in [6.07, 6.45) is 1.14. The number of rotatable bonds is 6. The molecule has 1 atom stereocenters. The molecular weight excluding hydrogens is 262 g/mol. The molecule has 0 aliphatic carbocycles. The quantitative estimate of drug-likeness (QED) is 0.836. The highest BCUT2D eigenvalue weighted by molar-refractivity contribution is 9.10. The minimum absolute atomic E-state index is 0.688. The zero-order chi connectivity index (χ0) is 12.0. The molecule has 1 aromatic carbocycles. The van der Waals surface area contributed by atoms with E-state index < -0.39 is 0 Å². The second-order valence-corrected chi connectivity index (χ2v) is 5.91. The molecule has 1 unspecified atom stereocenters. The summed E-state index contributed by atoms with van der Waals surface area (Å²) in [5.74, 6) is 1.42. The third-order valence-corrected chi connectivity index (χ3v) is 3.01. The lowest BCUT2D eigenvalue weighted by molar-refractivity contribution is 0.473. The zero-order valence-corrected chi connectivity index (χ0v) is 12.0. The third-order valence-electron chi connectivity index (χ3n) is 2.52. The second-order valence-electron chi connectivity index (χ2n) is 4.99. The lowest BCUT2D eigenvalue weighted by atomic mass is 10.0. The van der Waals surface area contributed by atoms with Crippen molar-refractivity contribution in [2.45, 2.75) is 27.2 Å². The molecule has 0 saturated carbocycles. The first-order valence-corrected chi connectivity index (χ1v) is 6.82. The number of hydrogen-bond donors (Lipinski definition) is 1. The van der Waals surface area contributed by atoms with E-state index in [0.717, 1.165) is 25.4 Å². The van der Waals surface area contributed by atoms with Crippen LogP contribution in [0.3, 0.4) is 0 Å². The smallest absolute Gasteiger partial charge is 0.0177 e. The molecule has 1 aromatic rings. The highest BCUT2D eigenvalue weighted by Gasteiger charge is 2.04. The molecular formula is C14H22BrN. The second kappa shape index (κ2) is 7.08. The average Bonchev–Trinajstić information content (AvgIpc) is 2.16. The van der Waals surface area contributed by atoms with Gasteiger partial charge in [-0.2, -0.15) is 0 Å². The van der Waals surface area contributed by atoms with Crippen LogP contribution in [0.4, 0.5) is 0 Å². The van der Waals surface area contributed by atoms with Crippen molar-refractivity contribution in [1.29, 1.82) is 0 Å². The molecule has 1 N–H and O–H groups in total. The molecule has 0 spiro atoms. The molecule has 0 heterocycles. The number of nitrogens with one attached hydrogen (secondary N) is 1. The monoisotopic (exact) mass is 283 g/mol. The third kappa shape index (κ3) is 5.66. The van der Waals surface area contributed by atoms with Gasteiger partial charge in [0.15, 0.2) is 0 Å². The van der Waals surface area contributed by atoms with Crippen LogP contribution in [0, 0.1) is 11.8 Å². The molecule has 0 radical (unpaired) electrons. The van der Waals surface area contributed by atoms with Gasteiger partial charge in [0.1, 0.15) is 0 Å². The van der Waals surface area contributed by atoms with Crippen LogP contribution in [0.2, 0.25) is 0 Å². The first-order valence-electron chi connectivity index (χ1n) is 6.03. The molecule has 0 aliphatic heterocycles. The Bertz CT molecular complexity index is 309. The Morgan fingerprint density at radius 3 is 2.56 bits per heavy atom. The molecule has 1 rings (SSSR count). The number of benzene rings is 1. The lowest BCUT2D eigenvalue weighted by Gasteiger charge is -2.14. The van der Waals surface area contributed by atoms with E-state index in [9.17, 15) is 0 Å². The largest absolute Gasteiger partial charge is 0.316 e. The van der Waals surface area contributed by atoms with Gasteiger partial charge in [0.2, 0.25) is 0 Å². The van der Waals surface area contributed by atoms with Crippen molar-refractivity contribution >= 4 is 15.9 Å². The average molecular weight is 284 g/mol. The summed E-state index contributed by atoms with van der Waals surface area (Å²) in [6, 6.07) is 8.58. The Hall–Kier alpha value is -0.340. The van der Waals surface area contributed by atoms with Crippen LogP contribution in [0.25, 0.3) is 0 Å². The Labute approximate surface area is 108 Å². The van der Waals surface area contributed by atoms with Crippen molar-refractivity contribution in [3.05, 3.63) is 34.3 Å². The van der Waals surface area contributed by atoms with Crippen LogP contribution in [0.5, 0.6) is 0 Å². The summed E-state index contributed by atoms with van der Waals surface area (Å²) >= 11 is 3.51. The van der Waals surface area contributed by atoms with E-state index in [1.807, 2.05) is 0 Å². The van der Waals surface area contributed by atoms with Crippen molar-refractivity contribution in [1.82, 2.24) is 5.32 Å². The van der Waals surface area contributed by atoms with E-state index in [-0.39, 0.29) is 0 Å². The summed E-state index contributed by atoms with van der Waals surface area (Å²) in [6.45, 7) is 9.00. The van der Waals surface area contributed by atoms with E-state index in [0.29, 0.717) is 5.92 Å². The predicted octanol–water partition coefficient (Wildman–Crippen LogP) is 3.87. The molecule has 16 heavy (non-hydrogen) atoms. The Balaban J connectivity index is 2.31. The summed E-state index contributed by atoms with van der Waals surface area (Å²) < 4.78 is 1.17. The highest BCUT2D eigenvalue weighted by Crippen LogP contribution is 2.14. The van der Waals surface area contributed by atoms with Crippen LogP contribution >= 0.6 is 15.9 Å². The van der Waals surface area contributed by atoms with Crippen molar-refractivity contribution in [3.8, 4) is 0 Å². The highest BCUT2D eigenvalue weighted by atomic mass is 79.9. The molecule has 0 fully saturated rings. The van der Waals surface area contributed by atoms with Gasteiger partial charge in [-0.3, -0.25) is 0 Å². The molecule has 1 nitrogen and oxygen atoms in total. The van der Waals surface area contributed by atoms with Crippen LogP contribution < -0.4 is 5.32 Å². The fraction of sp³-hybridized carbons (Fsp3) is 0.571. The Morgan fingerprint density at radius 1 is 1.19 bits per heavy atom. The molecule has 90 valence electrons. The SMILES string of the molecule is CC(C)CNCC(C)Cc1cccc(Br)c1. The molecule has 0 bridgehead atoms. The van der Waals surface area contributed by atoms with E-state index >= 15 is 0 Å². The van der Waals surface area contributed by atoms with Crippen LogP contribution in [0.15, 0.2) is 28.7 Å². The van der Waals surface area contributed by atoms with Crippen LogP contribution in [0.1, 0.15) is 26.3 Å². The van der Waals surface area contributed by atoms with Gasteiger partial charge in [0.25, 0.3) is 0 Å². The maximum atomic E-state index is 3.51. The molecule has 0 aliphatic rings. The standard InChI is InChI=1S/C14H22BrN/c1-11(2)9-16-10-12(3)7-13-5-4-6-14(15)8-13/h4-6,8,11-12,16H,7,9-10H2,1-3H3. The normalized spacial score (nSPS) is 13.1. The summed E-state index contributed by atoms with van der Waals surface area (Å²) in [7, 11) is 0. The van der Waals surface area contributed by atoms with E-state index in [1.165, 1.54) is 10.0 Å². The van der Waals surface area contributed by atoms with Gasteiger partial charge in [-0.15, -0.1) is 0 Å². The first-order chi connectivity index (χ1) is 7.58. The van der Waals surface area contributed by atoms with Gasteiger partial charge in [-0.05, 0) is 49.0 Å². The van der Waals surface area contributed by atoms with E-state index in [2.05, 4.69) is 66.3 Å². The van der Waals surface area contributed by atoms with Crippen LogP contribution in [-0.2, 0) is 6.42 Å². The first kappa shape index (κ1) is 13.7. The Kier molecular flexibility index (Phi) is 6.07. The maximum Gasteiger partial charge on any atom is 0.0177 e. The Morgan fingerprint density at radius 2 is 1.94 bits per heavy atom. The van der Waals surface area contributed by atoms with Gasteiger partial charge < -0.3 is 5.32 Å². The molecule has 0 aromatic heterocycles. The van der Waals surface area contributed by atoms with Gasteiger partial charge in [-0.25, -0.2) is 0 Å². The lowest BCUT2D eigenvalue weighted by Crippen LogP contribution is -2.26. The number of halogens is 1. The zero-order valence-electron chi connectivity index (χ0n) is 10.5. The van der Waals surface area contributed by atoms with E-state index in [1.54, 1.807) is 0 Å². The summed E-state index contributed by atoms with van der Waals surface area (Å²) in [5, 5.41) is 3.51. The van der Waals surface area contributed by atoms with Gasteiger partial charge in [0.05, 0.1) is 0 Å². The van der Waals surface area contributed by atoms with Crippen molar-refractivity contribution in [2.24, 2.45) is 11.8 Å². The van der Waals surface area contributed by atoms with Gasteiger partial charge >= 0.3 is 0 Å². The molecule has 0 amide bonds. The summed E-state index contributed by atoms with van der Waals surface area (Å²) in [4.78, 5) is 0. The van der Waals surface area contributed by atoms with Crippen molar-refractivity contribution in [2.75, 3.05) is 13.1 Å². The maximum absolute atomic E-state index is 3.51. The molecule has 0 saturated heterocycles. The van der Waals surface area contributed by atoms with Gasteiger partial charge in [0, 0.05) is 4.47 Å². The van der Waals surface area contributed by atoms with Crippen molar-refractivity contribution < 1.29 is 0 Å². The minimum atomic E-state index is 0.688. The predicted molar refractivity (Wildman–Crippen MR) is 74.7 cm³/mol. The fourth-order valence-electron chi connectivity index (χ4n) is 1.76. The fourth-order valence-corrected chi connectivity index (χ4v) is 2.20. The topological polar surface area (TPSA) is 12.0 Å². The number of hydrogen-bond acceptors (Lipinski definition) is 1. The van der Waals surface area contributed by atoms with Crippen molar-refractivity contribution in [3.63, 3.8) is 0 Å². The molecule has 2 heteroatoms. The minimum Gasteiger partial charge on any atom is -0.316 e. The van der Waals surface area contributed by atoms with Gasteiger partial charge in [-0.1, -0.05) is 48.8 Å². The van der Waals surface area contributed by atoms with Crippen LogP contribution in [-0.4, -0.2) is 13.1 Å².